The monoisotopic (exact) mass is 218 g/mol. The molecule has 78 valence electrons. The van der Waals surface area contributed by atoms with Gasteiger partial charge in [0.1, 0.15) is 5.75 Å². The summed E-state index contributed by atoms with van der Waals surface area (Å²) in [4.78, 5) is 0. The van der Waals surface area contributed by atoms with Crippen molar-refractivity contribution in [1.82, 2.24) is 0 Å². The second-order valence-electron chi connectivity index (χ2n) is 3.64. The van der Waals surface area contributed by atoms with Crippen LogP contribution in [0.2, 0.25) is 0 Å². The Labute approximate surface area is 93.7 Å². The van der Waals surface area contributed by atoms with Gasteiger partial charge in [0, 0.05) is 15.6 Å². The van der Waals surface area contributed by atoms with Crippen LogP contribution in [0.4, 0.5) is 0 Å². The van der Waals surface area contributed by atoms with Crippen LogP contribution in [0.3, 0.4) is 0 Å². The molecule has 0 aliphatic heterocycles. The normalized spacial score (nSPS) is 12.9. The summed E-state index contributed by atoms with van der Waals surface area (Å²) in [6.45, 7) is 2.13. The van der Waals surface area contributed by atoms with Gasteiger partial charge in [0.2, 0.25) is 0 Å². The molecule has 0 amide bonds. The molecule has 1 nitrogen and oxygen atoms in total. The Kier molecular flexibility index (Phi) is 2.31. The van der Waals surface area contributed by atoms with E-state index in [1.807, 2.05) is 11.4 Å². The van der Waals surface area contributed by atoms with Crippen molar-refractivity contribution < 1.29 is 5.11 Å². The highest BCUT2D eigenvalue weighted by Crippen LogP contribution is 2.40. The number of hydrogen-bond acceptors (Lipinski definition) is 2. The Bertz CT molecular complexity index is 549. The first-order valence-corrected chi connectivity index (χ1v) is 5.55. The first-order valence-electron chi connectivity index (χ1n) is 4.67. The SMILES string of the molecule is C.Cc1c2c(c(O)c3ccsc13)CC=C2. The first kappa shape index (κ1) is 10.2. The van der Waals surface area contributed by atoms with E-state index in [2.05, 4.69) is 19.1 Å². The fraction of sp³-hybridized carbons (Fsp3) is 0.231. The Morgan fingerprint density at radius 1 is 1.40 bits per heavy atom. The molecular weight excluding hydrogens is 204 g/mol. The topological polar surface area (TPSA) is 20.2 Å². The number of allylic oxidation sites excluding steroid dienone is 1. The van der Waals surface area contributed by atoms with Crippen LogP contribution in [0.5, 0.6) is 5.75 Å². The number of phenols is 1. The maximum absolute atomic E-state index is 10.1. The second-order valence-corrected chi connectivity index (χ2v) is 4.55. The van der Waals surface area contributed by atoms with Crippen molar-refractivity contribution >= 4 is 27.5 Å². The van der Waals surface area contributed by atoms with E-state index in [0.717, 1.165) is 17.4 Å². The van der Waals surface area contributed by atoms with E-state index in [0.29, 0.717) is 5.75 Å². The minimum absolute atomic E-state index is 0. The zero-order chi connectivity index (χ0) is 9.71. The molecule has 1 aliphatic carbocycles. The highest BCUT2D eigenvalue weighted by Gasteiger charge is 2.17. The lowest BCUT2D eigenvalue weighted by Gasteiger charge is -2.08. The van der Waals surface area contributed by atoms with E-state index in [-0.39, 0.29) is 7.43 Å². The maximum Gasteiger partial charge on any atom is 0.128 e. The third-order valence-corrected chi connectivity index (χ3v) is 3.92. The molecule has 1 aromatic carbocycles. The van der Waals surface area contributed by atoms with Crippen LogP contribution in [-0.4, -0.2) is 5.11 Å². The molecular formula is C13H14OS. The van der Waals surface area contributed by atoms with Gasteiger partial charge in [-0.2, -0.15) is 0 Å². The summed E-state index contributed by atoms with van der Waals surface area (Å²) in [6, 6.07) is 2.00. The highest BCUT2D eigenvalue weighted by molar-refractivity contribution is 7.17. The van der Waals surface area contributed by atoms with Crippen LogP contribution in [0.25, 0.3) is 16.2 Å². The molecule has 0 atom stereocenters. The number of aromatic hydroxyl groups is 1. The molecule has 0 unspecified atom stereocenters. The van der Waals surface area contributed by atoms with Gasteiger partial charge in [-0.15, -0.1) is 11.3 Å². The van der Waals surface area contributed by atoms with Crippen molar-refractivity contribution in [2.24, 2.45) is 0 Å². The van der Waals surface area contributed by atoms with Gasteiger partial charge < -0.3 is 5.11 Å². The molecule has 0 spiro atoms. The third kappa shape index (κ3) is 1.21. The molecule has 1 aliphatic rings. The minimum Gasteiger partial charge on any atom is -0.507 e. The van der Waals surface area contributed by atoms with Crippen LogP contribution >= 0.6 is 11.3 Å². The molecule has 1 heterocycles. The van der Waals surface area contributed by atoms with Crippen molar-refractivity contribution in [2.75, 3.05) is 0 Å². The fourth-order valence-corrected chi connectivity index (χ4v) is 3.07. The summed E-state index contributed by atoms with van der Waals surface area (Å²) in [5.74, 6) is 0.479. The Morgan fingerprint density at radius 2 is 2.20 bits per heavy atom. The van der Waals surface area contributed by atoms with Crippen molar-refractivity contribution in [3.8, 4) is 5.75 Å². The summed E-state index contributed by atoms with van der Waals surface area (Å²) in [5.41, 5.74) is 3.61. The van der Waals surface area contributed by atoms with Gasteiger partial charge >= 0.3 is 0 Å². The summed E-state index contributed by atoms with van der Waals surface area (Å²) < 4.78 is 1.22. The molecule has 15 heavy (non-hydrogen) atoms. The Balaban J connectivity index is 0.000000853. The molecule has 1 N–H and O–H groups in total. The summed E-state index contributed by atoms with van der Waals surface area (Å²) in [7, 11) is 0. The predicted octanol–water partition coefficient (Wildman–Crippen LogP) is 4.12. The van der Waals surface area contributed by atoms with Crippen molar-refractivity contribution in [3.05, 3.63) is 34.2 Å². The summed E-state index contributed by atoms with van der Waals surface area (Å²) in [5, 5.41) is 13.1. The minimum atomic E-state index is 0. The lowest BCUT2D eigenvalue weighted by atomic mass is 10.0. The molecule has 0 radical (unpaired) electrons. The quantitative estimate of drug-likeness (QED) is 0.705. The van der Waals surface area contributed by atoms with Gasteiger partial charge in [-0.05, 0) is 35.9 Å². The van der Waals surface area contributed by atoms with Crippen molar-refractivity contribution in [3.63, 3.8) is 0 Å². The van der Waals surface area contributed by atoms with E-state index >= 15 is 0 Å². The summed E-state index contributed by atoms with van der Waals surface area (Å²) >= 11 is 1.70. The highest BCUT2D eigenvalue weighted by atomic mass is 32.1. The average Bonchev–Trinajstić information content (AvgIpc) is 2.82. The Hall–Kier alpha value is -1.28. The van der Waals surface area contributed by atoms with Gasteiger partial charge in [-0.25, -0.2) is 0 Å². The average molecular weight is 218 g/mol. The number of aryl methyl sites for hydroxylation is 1. The number of hydrogen-bond donors (Lipinski definition) is 1. The smallest absolute Gasteiger partial charge is 0.128 e. The standard InChI is InChI=1S/C12H10OS.CH4/c1-7-8-3-2-4-9(8)11(13)10-5-6-14-12(7)10;/h2-3,5-6,13H,4H2,1H3;1H4. The molecule has 2 heteroatoms. The zero-order valence-corrected chi connectivity index (χ0v) is 8.69. The molecule has 0 saturated heterocycles. The van der Waals surface area contributed by atoms with E-state index in [9.17, 15) is 5.11 Å². The molecule has 2 aromatic rings. The van der Waals surface area contributed by atoms with Gasteiger partial charge in [0.25, 0.3) is 0 Å². The summed E-state index contributed by atoms with van der Waals surface area (Å²) in [6.07, 6.45) is 5.10. The van der Waals surface area contributed by atoms with Crippen LogP contribution in [-0.2, 0) is 6.42 Å². The maximum atomic E-state index is 10.1. The predicted molar refractivity (Wildman–Crippen MR) is 67.7 cm³/mol. The van der Waals surface area contributed by atoms with E-state index in [1.54, 1.807) is 11.3 Å². The van der Waals surface area contributed by atoms with Crippen molar-refractivity contribution in [1.29, 1.82) is 0 Å². The molecule has 0 fully saturated rings. The fourth-order valence-electron chi connectivity index (χ4n) is 2.15. The first-order chi connectivity index (χ1) is 6.79. The lowest BCUT2D eigenvalue weighted by molar-refractivity contribution is 0.476. The molecule has 3 rings (SSSR count). The van der Waals surface area contributed by atoms with E-state index in [4.69, 9.17) is 0 Å². The van der Waals surface area contributed by atoms with E-state index in [1.165, 1.54) is 15.8 Å². The molecule has 0 saturated carbocycles. The number of phenolic OH excluding ortho intramolecular Hbond substituents is 1. The number of thiophene rings is 1. The number of rotatable bonds is 0. The zero-order valence-electron chi connectivity index (χ0n) is 7.87. The largest absolute Gasteiger partial charge is 0.507 e. The van der Waals surface area contributed by atoms with Gasteiger partial charge in [0.05, 0.1) is 0 Å². The number of fused-ring (bicyclic) bond motifs is 2. The molecule has 0 bridgehead atoms. The lowest BCUT2D eigenvalue weighted by Crippen LogP contribution is -1.87. The van der Waals surface area contributed by atoms with Crippen LogP contribution in [0.1, 0.15) is 24.1 Å². The van der Waals surface area contributed by atoms with Crippen LogP contribution in [0, 0.1) is 6.92 Å². The Morgan fingerprint density at radius 3 is 3.00 bits per heavy atom. The van der Waals surface area contributed by atoms with Gasteiger partial charge in [0.15, 0.2) is 0 Å². The molecule has 1 aromatic heterocycles. The van der Waals surface area contributed by atoms with Crippen LogP contribution in [0.15, 0.2) is 17.5 Å². The van der Waals surface area contributed by atoms with E-state index < -0.39 is 0 Å². The number of benzene rings is 1. The van der Waals surface area contributed by atoms with Crippen molar-refractivity contribution in [2.45, 2.75) is 20.8 Å². The van der Waals surface area contributed by atoms with Gasteiger partial charge in [-0.1, -0.05) is 19.6 Å². The third-order valence-electron chi connectivity index (χ3n) is 2.88. The van der Waals surface area contributed by atoms with Gasteiger partial charge in [-0.3, -0.25) is 0 Å². The van der Waals surface area contributed by atoms with Crippen LogP contribution < -0.4 is 0 Å². The second kappa shape index (κ2) is 3.38.